The zero-order valence-corrected chi connectivity index (χ0v) is 16.1. The van der Waals surface area contributed by atoms with E-state index in [0.29, 0.717) is 5.75 Å². The number of carbonyl (C=O) groups excluding carboxylic acids is 1. The second-order valence-corrected chi connectivity index (χ2v) is 7.90. The van der Waals surface area contributed by atoms with E-state index in [2.05, 4.69) is 0 Å². The first-order valence-corrected chi connectivity index (χ1v) is 9.15. The number of para-hydroxylation sites is 1. The molecule has 1 saturated carbocycles. The quantitative estimate of drug-likeness (QED) is 0.454. The molecule has 0 aromatic heterocycles. The van der Waals surface area contributed by atoms with Crippen molar-refractivity contribution in [3.63, 3.8) is 0 Å². The Kier molecular flexibility index (Phi) is 5.59. The summed E-state index contributed by atoms with van der Waals surface area (Å²) < 4.78 is 11.8. The molecular weight excluding hydrogens is 371 g/mol. The number of halogens is 2. The van der Waals surface area contributed by atoms with E-state index >= 15 is 0 Å². The Labute approximate surface area is 163 Å². The maximum absolute atomic E-state index is 12.8. The largest absolute Gasteiger partial charge is 0.450 e. The summed E-state index contributed by atoms with van der Waals surface area (Å²) in [4.78, 5) is 12.8. The maximum atomic E-state index is 12.8. The van der Waals surface area contributed by atoms with E-state index in [1.165, 1.54) is 0 Å². The third kappa shape index (κ3) is 4.22. The molecule has 0 saturated heterocycles. The van der Waals surface area contributed by atoms with Gasteiger partial charge in [0, 0.05) is 5.56 Å². The minimum atomic E-state index is -0.821. The van der Waals surface area contributed by atoms with Crippen molar-refractivity contribution in [2.24, 2.45) is 17.3 Å². The fraction of sp³-hybridized carbons (Fsp3) is 0.286. The summed E-state index contributed by atoms with van der Waals surface area (Å²) in [5.74, 6) is -0.0474. The minimum Gasteiger partial charge on any atom is -0.450 e. The van der Waals surface area contributed by atoms with Gasteiger partial charge in [-0.1, -0.05) is 85.6 Å². The SMILES string of the molecule is CC1(C)C(C=C(Cl)Cl)C1C(=O)OC(Oc1ccccc1)c1ccccc1. The number of ether oxygens (including phenoxy) is 2. The Balaban J connectivity index is 1.78. The molecule has 2 aromatic carbocycles. The third-order valence-electron chi connectivity index (χ3n) is 4.75. The van der Waals surface area contributed by atoms with E-state index in [0.717, 1.165) is 5.56 Å². The van der Waals surface area contributed by atoms with Crippen molar-refractivity contribution in [2.75, 3.05) is 0 Å². The van der Waals surface area contributed by atoms with Gasteiger partial charge in [0.25, 0.3) is 6.29 Å². The van der Waals surface area contributed by atoms with Gasteiger partial charge in [-0.05, 0) is 29.5 Å². The van der Waals surface area contributed by atoms with Crippen molar-refractivity contribution in [3.8, 4) is 5.75 Å². The lowest BCUT2D eigenvalue weighted by atomic mass is 10.1. The van der Waals surface area contributed by atoms with E-state index in [9.17, 15) is 4.79 Å². The van der Waals surface area contributed by atoms with Crippen molar-refractivity contribution in [3.05, 3.63) is 76.8 Å². The van der Waals surface area contributed by atoms with Gasteiger partial charge >= 0.3 is 5.97 Å². The van der Waals surface area contributed by atoms with Gasteiger partial charge in [-0.25, -0.2) is 0 Å². The van der Waals surface area contributed by atoms with Gasteiger partial charge in [-0.15, -0.1) is 0 Å². The molecule has 0 bridgehead atoms. The lowest BCUT2D eigenvalue weighted by Gasteiger charge is -2.20. The Morgan fingerprint density at radius 3 is 2.19 bits per heavy atom. The van der Waals surface area contributed by atoms with Crippen LogP contribution in [0.3, 0.4) is 0 Å². The molecule has 1 aliphatic carbocycles. The smallest absolute Gasteiger partial charge is 0.313 e. The molecule has 5 heteroatoms. The van der Waals surface area contributed by atoms with Crippen LogP contribution in [0.5, 0.6) is 5.75 Å². The minimum absolute atomic E-state index is 0.0480. The maximum Gasteiger partial charge on any atom is 0.313 e. The normalized spacial score (nSPS) is 21.4. The average molecular weight is 391 g/mol. The highest BCUT2D eigenvalue weighted by atomic mass is 35.5. The van der Waals surface area contributed by atoms with Crippen molar-refractivity contribution in [1.82, 2.24) is 0 Å². The van der Waals surface area contributed by atoms with Gasteiger partial charge in [0.15, 0.2) is 0 Å². The van der Waals surface area contributed by atoms with Gasteiger partial charge in [-0.3, -0.25) is 4.79 Å². The molecule has 0 heterocycles. The predicted molar refractivity (Wildman–Crippen MR) is 103 cm³/mol. The number of hydrogen-bond donors (Lipinski definition) is 0. The Morgan fingerprint density at radius 2 is 1.62 bits per heavy atom. The van der Waals surface area contributed by atoms with Crippen molar-refractivity contribution in [1.29, 1.82) is 0 Å². The topological polar surface area (TPSA) is 35.5 Å². The molecule has 3 rings (SSSR count). The van der Waals surface area contributed by atoms with Crippen molar-refractivity contribution < 1.29 is 14.3 Å². The van der Waals surface area contributed by atoms with Crippen molar-refractivity contribution >= 4 is 29.2 Å². The molecule has 0 amide bonds. The second-order valence-electron chi connectivity index (χ2n) is 6.89. The van der Waals surface area contributed by atoms with E-state index < -0.39 is 6.29 Å². The molecule has 0 aliphatic heterocycles. The fourth-order valence-electron chi connectivity index (χ4n) is 3.15. The van der Waals surface area contributed by atoms with E-state index in [1.807, 2.05) is 74.5 Å². The summed E-state index contributed by atoms with van der Waals surface area (Å²) in [5.41, 5.74) is 0.519. The molecule has 3 atom stereocenters. The molecule has 1 fully saturated rings. The molecule has 2 aromatic rings. The first-order valence-electron chi connectivity index (χ1n) is 8.39. The zero-order valence-electron chi connectivity index (χ0n) is 14.6. The zero-order chi connectivity index (χ0) is 18.7. The molecule has 0 spiro atoms. The Bertz CT molecular complexity index is 783. The molecular formula is C21H20Cl2O3. The van der Waals surface area contributed by atoms with Gasteiger partial charge in [0.05, 0.1) is 5.92 Å². The van der Waals surface area contributed by atoms with Gasteiger partial charge < -0.3 is 9.47 Å². The predicted octanol–water partition coefficient (Wildman–Crippen LogP) is 5.90. The van der Waals surface area contributed by atoms with Crippen LogP contribution in [0.4, 0.5) is 0 Å². The third-order valence-corrected chi connectivity index (χ3v) is 5.00. The standard InChI is InChI=1S/C21H20Cl2O3/c1-21(2)16(13-17(22)23)18(21)19(24)26-20(14-9-5-3-6-10-14)25-15-11-7-4-8-12-15/h3-13,16,18,20H,1-2H3. The highest BCUT2D eigenvalue weighted by Gasteiger charge is 2.62. The number of benzene rings is 2. The van der Waals surface area contributed by atoms with Crippen LogP contribution in [0.15, 0.2) is 71.2 Å². The van der Waals surface area contributed by atoms with Crippen LogP contribution < -0.4 is 4.74 Å². The second kappa shape index (κ2) is 7.73. The molecule has 3 nitrogen and oxygen atoms in total. The van der Waals surface area contributed by atoms with Gasteiger partial charge in [0.2, 0.25) is 0 Å². The lowest BCUT2D eigenvalue weighted by molar-refractivity contribution is -0.167. The first-order chi connectivity index (χ1) is 12.4. The number of carbonyl (C=O) groups is 1. The molecule has 0 N–H and O–H groups in total. The Hall–Kier alpha value is -1.97. The van der Waals surface area contributed by atoms with Crippen molar-refractivity contribution in [2.45, 2.75) is 20.1 Å². The molecule has 3 unspecified atom stereocenters. The molecule has 1 aliphatic rings. The van der Waals surface area contributed by atoms with Crippen LogP contribution in [0.1, 0.15) is 25.7 Å². The summed E-state index contributed by atoms with van der Waals surface area (Å²) in [6.45, 7) is 3.98. The summed E-state index contributed by atoms with van der Waals surface area (Å²) in [6, 6.07) is 18.7. The average Bonchev–Trinajstić information content (AvgIpc) is 3.15. The summed E-state index contributed by atoms with van der Waals surface area (Å²) in [5, 5.41) is 0. The van der Waals surface area contributed by atoms with Crippen LogP contribution in [0.2, 0.25) is 0 Å². The monoisotopic (exact) mass is 390 g/mol. The lowest BCUT2D eigenvalue weighted by Crippen LogP contribution is -2.19. The number of hydrogen-bond acceptors (Lipinski definition) is 3. The summed E-state index contributed by atoms with van der Waals surface area (Å²) in [7, 11) is 0. The molecule has 0 radical (unpaired) electrons. The van der Waals surface area contributed by atoms with E-state index in [-0.39, 0.29) is 27.7 Å². The highest BCUT2D eigenvalue weighted by molar-refractivity contribution is 6.55. The van der Waals surface area contributed by atoms with Gasteiger partial charge in [-0.2, -0.15) is 0 Å². The summed E-state index contributed by atoms with van der Waals surface area (Å²) in [6.07, 6.45) is 0.878. The van der Waals surface area contributed by atoms with Crippen LogP contribution in [0, 0.1) is 17.3 Å². The first kappa shape index (κ1) is 18.8. The number of esters is 1. The van der Waals surface area contributed by atoms with Crippen LogP contribution >= 0.6 is 23.2 Å². The van der Waals surface area contributed by atoms with E-state index in [4.69, 9.17) is 32.7 Å². The van der Waals surface area contributed by atoms with Gasteiger partial charge in [0.1, 0.15) is 10.2 Å². The molecule has 26 heavy (non-hydrogen) atoms. The molecule has 136 valence electrons. The van der Waals surface area contributed by atoms with E-state index in [1.54, 1.807) is 6.08 Å². The highest BCUT2D eigenvalue weighted by Crippen LogP contribution is 2.60. The fourth-order valence-corrected chi connectivity index (χ4v) is 3.42. The van der Waals surface area contributed by atoms with Crippen LogP contribution in [-0.4, -0.2) is 5.97 Å². The van der Waals surface area contributed by atoms with Crippen LogP contribution in [0.25, 0.3) is 0 Å². The van der Waals surface area contributed by atoms with Crippen LogP contribution in [-0.2, 0) is 9.53 Å². The Morgan fingerprint density at radius 1 is 1.04 bits per heavy atom. The number of allylic oxidation sites excluding steroid dienone is 1. The summed E-state index contributed by atoms with van der Waals surface area (Å²) >= 11 is 11.5. The number of rotatable bonds is 6.